The van der Waals surface area contributed by atoms with Crippen LogP contribution in [0.1, 0.15) is 48.1 Å². The molecule has 0 saturated carbocycles. The summed E-state index contributed by atoms with van der Waals surface area (Å²) in [5.74, 6) is 2.11. The van der Waals surface area contributed by atoms with Gasteiger partial charge in [0, 0.05) is 20.0 Å². The van der Waals surface area contributed by atoms with E-state index in [1.807, 2.05) is 11.6 Å². The molecule has 0 radical (unpaired) electrons. The van der Waals surface area contributed by atoms with Crippen LogP contribution in [0.3, 0.4) is 0 Å². The van der Waals surface area contributed by atoms with E-state index in [1.54, 1.807) is 0 Å². The minimum atomic E-state index is 0.0304. The summed E-state index contributed by atoms with van der Waals surface area (Å²) in [4.78, 5) is 2.31. The van der Waals surface area contributed by atoms with Gasteiger partial charge in [-0.1, -0.05) is 31.2 Å². The van der Waals surface area contributed by atoms with E-state index in [4.69, 9.17) is 4.42 Å². The van der Waals surface area contributed by atoms with Crippen LogP contribution < -0.4 is 0 Å². The van der Waals surface area contributed by atoms with E-state index in [0.717, 1.165) is 31.8 Å². The fraction of sp³-hybridized carbons (Fsp3) is 0.471. The van der Waals surface area contributed by atoms with Crippen LogP contribution in [-0.2, 0) is 26.1 Å². The smallest absolute Gasteiger partial charge is 0.233 e. The molecule has 0 N–H and O–H groups in total. The molecule has 1 aromatic carbocycles. The normalized spacial score (nSPS) is 17.6. The lowest BCUT2D eigenvalue weighted by atomic mass is 9.94. The van der Waals surface area contributed by atoms with E-state index < -0.39 is 0 Å². The van der Waals surface area contributed by atoms with Crippen molar-refractivity contribution in [2.75, 3.05) is 0 Å². The molecule has 0 bridgehead atoms. The largest absolute Gasteiger partial charge is 0.424 e. The van der Waals surface area contributed by atoms with Crippen LogP contribution in [0, 0.1) is 6.92 Å². The molecule has 25 heavy (non-hydrogen) atoms. The van der Waals surface area contributed by atoms with E-state index in [0.29, 0.717) is 18.3 Å². The van der Waals surface area contributed by atoms with Gasteiger partial charge in [0.1, 0.15) is 0 Å². The maximum Gasteiger partial charge on any atom is 0.233 e. The summed E-state index contributed by atoms with van der Waals surface area (Å²) < 4.78 is 7.61. The minimum absolute atomic E-state index is 0.0304. The van der Waals surface area contributed by atoms with E-state index in [1.165, 1.54) is 11.1 Å². The monoisotopic (exact) mass is 339 g/mol. The number of rotatable bonds is 5. The molecule has 8 nitrogen and oxygen atoms in total. The zero-order chi connectivity index (χ0) is 17.2. The van der Waals surface area contributed by atoms with Crippen LogP contribution in [0.15, 0.2) is 28.7 Å². The van der Waals surface area contributed by atoms with Crippen molar-refractivity contribution < 1.29 is 4.42 Å². The lowest BCUT2D eigenvalue weighted by Crippen LogP contribution is -2.35. The summed E-state index contributed by atoms with van der Waals surface area (Å²) in [6.45, 7) is 6.21. The van der Waals surface area contributed by atoms with Crippen molar-refractivity contribution >= 4 is 0 Å². The topological polar surface area (TPSA) is 85.8 Å². The van der Waals surface area contributed by atoms with Gasteiger partial charge in [-0.3, -0.25) is 4.90 Å². The maximum absolute atomic E-state index is 5.74. The standard InChI is InChI=1S/C17H21N7O/c1-3-8-24-16(19-21-22-24)11-23-10-14-7-5-4-6-13(14)9-15(23)17-20-18-12(2)25-17/h4-7,15H,3,8-11H2,1-2H3/t15-/m0/s1. The van der Waals surface area contributed by atoms with Crippen molar-refractivity contribution in [1.82, 2.24) is 35.3 Å². The molecule has 1 atom stereocenters. The van der Waals surface area contributed by atoms with Crippen molar-refractivity contribution in [2.24, 2.45) is 0 Å². The summed E-state index contributed by atoms with van der Waals surface area (Å²) in [6, 6.07) is 8.53. The number of benzene rings is 1. The minimum Gasteiger partial charge on any atom is -0.424 e. The van der Waals surface area contributed by atoms with Crippen LogP contribution in [-0.4, -0.2) is 35.3 Å². The van der Waals surface area contributed by atoms with Gasteiger partial charge in [-0.15, -0.1) is 15.3 Å². The van der Waals surface area contributed by atoms with Crippen LogP contribution in [0.2, 0.25) is 0 Å². The molecule has 3 aromatic rings. The zero-order valence-corrected chi connectivity index (χ0v) is 14.5. The van der Waals surface area contributed by atoms with Crippen LogP contribution in [0.25, 0.3) is 0 Å². The average molecular weight is 339 g/mol. The number of tetrazole rings is 1. The number of aryl methyl sites for hydroxylation is 2. The van der Waals surface area contributed by atoms with Crippen molar-refractivity contribution in [3.8, 4) is 0 Å². The molecule has 130 valence electrons. The highest BCUT2D eigenvalue weighted by atomic mass is 16.4. The molecule has 0 fully saturated rings. The maximum atomic E-state index is 5.74. The predicted octanol–water partition coefficient (Wildman–Crippen LogP) is 2.07. The van der Waals surface area contributed by atoms with Crippen molar-refractivity contribution in [1.29, 1.82) is 0 Å². The molecule has 4 rings (SSSR count). The first kappa shape index (κ1) is 15.9. The van der Waals surface area contributed by atoms with Gasteiger partial charge in [0.2, 0.25) is 11.8 Å². The molecule has 1 aliphatic rings. The Morgan fingerprint density at radius 2 is 2.00 bits per heavy atom. The van der Waals surface area contributed by atoms with Gasteiger partial charge >= 0.3 is 0 Å². The Hall–Kier alpha value is -2.61. The quantitative estimate of drug-likeness (QED) is 0.703. The van der Waals surface area contributed by atoms with Gasteiger partial charge in [0.25, 0.3) is 0 Å². The lowest BCUT2D eigenvalue weighted by molar-refractivity contribution is 0.131. The molecule has 0 saturated heterocycles. The zero-order valence-electron chi connectivity index (χ0n) is 14.5. The molecule has 8 heteroatoms. The van der Waals surface area contributed by atoms with Crippen LogP contribution in [0.5, 0.6) is 0 Å². The molecule has 0 amide bonds. The molecule has 3 heterocycles. The number of nitrogens with zero attached hydrogens (tertiary/aromatic N) is 7. The highest BCUT2D eigenvalue weighted by Crippen LogP contribution is 2.33. The Morgan fingerprint density at radius 1 is 1.16 bits per heavy atom. The van der Waals surface area contributed by atoms with Crippen LogP contribution in [0.4, 0.5) is 0 Å². The summed E-state index contributed by atoms with van der Waals surface area (Å²) in [7, 11) is 0. The first-order chi connectivity index (χ1) is 12.2. The fourth-order valence-electron chi connectivity index (χ4n) is 3.34. The van der Waals surface area contributed by atoms with Gasteiger partial charge in [-0.2, -0.15) is 0 Å². The molecule has 1 aliphatic heterocycles. The third kappa shape index (κ3) is 3.17. The van der Waals surface area contributed by atoms with Gasteiger partial charge < -0.3 is 4.42 Å². The van der Waals surface area contributed by atoms with Crippen molar-refractivity contribution in [3.63, 3.8) is 0 Å². The highest BCUT2D eigenvalue weighted by molar-refractivity contribution is 5.30. The molecule has 0 spiro atoms. The van der Waals surface area contributed by atoms with Gasteiger partial charge in [0.05, 0.1) is 12.6 Å². The summed E-state index contributed by atoms with van der Waals surface area (Å²) in [5.41, 5.74) is 2.65. The first-order valence-electron chi connectivity index (χ1n) is 8.60. The van der Waals surface area contributed by atoms with Gasteiger partial charge in [-0.05, 0) is 34.4 Å². The van der Waals surface area contributed by atoms with Crippen molar-refractivity contribution in [2.45, 2.75) is 52.4 Å². The number of aromatic nitrogens is 6. The summed E-state index contributed by atoms with van der Waals surface area (Å²) in [6.07, 6.45) is 1.83. The Kier molecular flexibility index (Phi) is 4.27. The fourth-order valence-corrected chi connectivity index (χ4v) is 3.34. The Labute approximate surface area is 145 Å². The third-order valence-electron chi connectivity index (χ3n) is 4.56. The second kappa shape index (κ2) is 6.72. The van der Waals surface area contributed by atoms with E-state index in [-0.39, 0.29) is 6.04 Å². The SMILES string of the molecule is CCCn1nnnc1CN1Cc2ccccc2C[C@H]1c1nnc(C)o1. The second-order valence-electron chi connectivity index (χ2n) is 6.37. The number of hydrogen-bond donors (Lipinski definition) is 0. The molecule has 0 aliphatic carbocycles. The molecular weight excluding hydrogens is 318 g/mol. The molecule has 2 aromatic heterocycles. The van der Waals surface area contributed by atoms with Crippen molar-refractivity contribution in [3.05, 3.63) is 53.0 Å². The molecular formula is C17H21N7O. The van der Waals surface area contributed by atoms with Gasteiger partial charge in [-0.25, -0.2) is 4.68 Å². The first-order valence-corrected chi connectivity index (χ1v) is 8.60. The highest BCUT2D eigenvalue weighted by Gasteiger charge is 2.32. The predicted molar refractivity (Wildman–Crippen MR) is 89.3 cm³/mol. The lowest BCUT2D eigenvalue weighted by Gasteiger charge is -2.34. The van der Waals surface area contributed by atoms with E-state index in [9.17, 15) is 0 Å². The van der Waals surface area contributed by atoms with Gasteiger partial charge in [0.15, 0.2) is 5.82 Å². The second-order valence-corrected chi connectivity index (χ2v) is 6.37. The van der Waals surface area contributed by atoms with E-state index >= 15 is 0 Å². The third-order valence-corrected chi connectivity index (χ3v) is 4.56. The van der Waals surface area contributed by atoms with Crippen LogP contribution >= 0.6 is 0 Å². The van der Waals surface area contributed by atoms with E-state index in [2.05, 4.69) is 61.8 Å². The Morgan fingerprint density at radius 3 is 2.76 bits per heavy atom. The summed E-state index contributed by atoms with van der Waals surface area (Å²) >= 11 is 0. The Balaban J connectivity index is 1.66. The average Bonchev–Trinajstić information content (AvgIpc) is 3.24. The Bertz CT molecular complexity index is 856. The number of hydrogen-bond acceptors (Lipinski definition) is 7. The molecule has 0 unspecified atom stereocenters. The summed E-state index contributed by atoms with van der Waals surface area (Å²) in [5, 5.41) is 20.4. The number of fused-ring (bicyclic) bond motifs is 1.